The third-order valence-corrected chi connectivity index (χ3v) is 5.50. The summed E-state index contributed by atoms with van der Waals surface area (Å²) < 4.78 is 15.5. The predicted octanol–water partition coefficient (Wildman–Crippen LogP) is 2.92. The number of rotatable bonds is 6. The third kappa shape index (κ3) is 4.25. The summed E-state index contributed by atoms with van der Waals surface area (Å²) in [6.07, 6.45) is 22.4. The Kier molecular flexibility index (Phi) is 5.79. The van der Waals surface area contributed by atoms with Crippen LogP contribution in [-0.4, -0.2) is 8.80 Å². The van der Waals surface area contributed by atoms with Crippen LogP contribution in [0.4, 0.5) is 0 Å². The molecule has 3 nitrogen and oxygen atoms in total. The average molecular weight is 298 g/mol. The second-order valence-corrected chi connectivity index (χ2v) is 7.18. The van der Waals surface area contributed by atoms with Crippen LogP contribution in [-0.2, 0) is 19.7 Å². The Bertz CT molecular complexity index is 565. The van der Waals surface area contributed by atoms with Crippen molar-refractivity contribution in [1.29, 1.82) is 0 Å². The molecule has 1 rings (SSSR count). The standard InChI is InChI=1S/C17H18O3Si/c1-7-18-21(19-8-2,20-9-3)11-10-17-12-14(4)16(6)15(5)13-17/h1-3,12-13H,10-11H2,4-6H3. The van der Waals surface area contributed by atoms with Crippen molar-refractivity contribution in [3.05, 3.63) is 34.4 Å². The third-order valence-electron chi connectivity index (χ3n) is 3.35. The Hall–Kier alpha value is -2.48. The normalized spacial score (nSPS) is 9.90. The van der Waals surface area contributed by atoms with Gasteiger partial charge in [-0.25, -0.2) is 0 Å². The lowest BCUT2D eigenvalue weighted by molar-refractivity contribution is 0.212. The molecule has 0 saturated heterocycles. The molecule has 0 N–H and O–H groups in total. The van der Waals surface area contributed by atoms with E-state index >= 15 is 0 Å². The first-order valence-electron chi connectivity index (χ1n) is 6.45. The molecule has 0 saturated carbocycles. The number of benzene rings is 1. The van der Waals surface area contributed by atoms with Crippen molar-refractivity contribution in [3.63, 3.8) is 0 Å². The van der Waals surface area contributed by atoms with Crippen molar-refractivity contribution in [2.24, 2.45) is 0 Å². The Morgan fingerprint density at radius 3 is 1.71 bits per heavy atom. The Labute approximate surface area is 128 Å². The van der Waals surface area contributed by atoms with Crippen molar-refractivity contribution in [1.82, 2.24) is 0 Å². The van der Waals surface area contributed by atoms with E-state index in [0.717, 1.165) is 5.56 Å². The SMILES string of the molecule is C#CO[Si](CCc1cc(C)c(C)c(C)c1)(OC#C)OC#C. The Morgan fingerprint density at radius 1 is 0.905 bits per heavy atom. The molecule has 0 atom stereocenters. The summed E-state index contributed by atoms with van der Waals surface area (Å²) in [5.74, 6) is 0. The van der Waals surface area contributed by atoms with Gasteiger partial charge in [-0.3, -0.25) is 0 Å². The first-order chi connectivity index (χ1) is 9.98. The first kappa shape index (κ1) is 16.6. The van der Waals surface area contributed by atoms with E-state index in [1.807, 2.05) is 0 Å². The molecule has 0 unspecified atom stereocenters. The van der Waals surface area contributed by atoms with Gasteiger partial charge in [-0.05, 0) is 49.4 Å². The van der Waals surface area contributed by atoms with Gasteiger partial charge < -0.3 is 13.3 Å². The highest BCUT2D eigenvalue weighted by atomic mass is 28.4. The van der Waals surface area contributed by atoms with Gasteiger partial charge >= 0.3 is 8.80 Å². The molecule has 4 heteroatoms. The molecule has 0 amide bonds. The fourth-order valence-corrected chi connectivity index (χ4v) is 3.62. The molecule has 1 aromatic rings. The lowest BCUT2D eigenvalue weighted by Gasteiger charge is -2.21. The highest BCUT2D eigenvalue weighted by molar-refractivity contribution is 6.61. The summed E-state index contributed by atoms with van der Waals surface area (Å²) in [7, 11) is -3.24. The number of terminal acetylenes is 3. The van der Waals surface area contributed by atoms with Crippen molar-refractivity contribution >= 4 is 8.80 Å². The molecule has 0 fully saturated rings. The van der Waals surface area contributed by atoms with Crippen LogP contribution < -0.4 is 0 Å². The minimum absolute atomic E-state index is 0.410. The van der Waals surface area contributed by atoms with Gasteiger partial charge in [0.2, 0.25) is 0 Å². The van der Waals surface area contributed by atoms with Crippen LogP contribution in [0, 0.1) is 58.4 Å². The van der Waals surface area contributed by atoms with Crippen LogP contribution >= 0.6 is 0 Å². The maximum Gasteiger partial charge on any atom is 0.725 e. The van der Waals surface area contributed by atoms with Crippen molar-refractivity contribution in [2.75, 3.05) is 0 Å². The molecule has 0 aromatic heterocycles. The van der Waals surface area contributed by atoms with E-state index in [9.17, 15) is 0 Å². The minimum Gasteiger partial charge on any atom is -0.432 e. The van der Waals surface area contributed by atoms with Gasteiger partial charge in [0.05, 0.1) is 24.4 Å². The molecule has 0 spiro atoms. The molecule has 0 aliphatic rings. The lowest BCUT2D eigenvalue weighted by Crippen LogP contribution is -2.42. The van der Waals surface area contributed by atoms with Crippen molar-refractivity contribution < 1.29 is 13.3 Å². The van der Waals surface area contributed by atoms with E-state index < -0.39 is 8.80 Å². The summed E-state index contributed by atoms with van der Waals surface area (Å²) in [6.45, 7) is 6.24. The quantitative estimate of drug-likeness (QED) is 0.597. The minimum atomic E-state index is -3.24. The zero-order chi connectivity index (χ0) is 15.9. The highest BCUT2D eigenvalue weighted by Gasteiger charge is 2.48. The predicted molar refractivity (Wildman–Crippen MR) is 84.7 cm³/mol. The van der Waals surface area contributed by atoms with E-state index in [-0.39, 0.29) is 0 Å². The largest absolute Gasteiger partial charge is 0.725 e. The van der Waals surface area contributed by atoms with Crippen molar-refractivity contribution in [3.8, 4) is 37.6 Å². The van der Waals surface area contributed by atoms with Crippen LogP contribution in [0.15, 0.2) is 12.1 Å². The highest BCUT2D eigenvalue weighted by Crippen LogP contribution is 2.21. The smallest absolute Gasteiger partial charge is 0.432 e. The summed E-state index contributed by atoms with van der Waals surface area (Å²) in [6, 6.07) is 4.64. The van der Waals surface area contributed by atoms with Gasteiger partial charge in [0, 0.05) is 0 Å². The molecular weight excluding hydrogens is 280 g/mol. The van der Waals surface area contributed by atoms with Crippen LogP contribution in [0.2, 0.25) is 6.04 Å². The second-order valence-electron chi connectivity index (χ2n) is 4.70. The van der Waals surface area contributed by atoms with Gasteiger partial charge in [0.15, 0.2) is 0 Å². The maximum atomic E-state index is 5.18. The summed E-state index contributed by atoms with van der Waals surface area (Å²) in [5.41, 5.74) is 4.87. The molecule has 0 radical (unpaired) electrons. The van der Waals surface area contributed by atoms with Gasteiger partial charge in [0.25, 0.3) is 0 Å². The fourth-order valence-electron chi connectivity index (χ4n) is 2.05. The maximum absolute atomic E-state index is 5.18. The van der Waals surface area contributed by atoms with E-state index in [1.54, 1.807) is 0 Å². The number of hydrogen-bond acceptors (Lipinski definition) is 3. The zero-order valence-corrected chi connectivity index (χ0v) is 13.5. The fraction of sp³-hybridized carbons (Fsp3) is 0.294. The molecule has 21 heavy (non-hydrogen) atoms. The summed E-state index contributed by atoms with van der Waals surface area (Å²) in [4.78, 5) is 0. The second kappa shape index (κ2) is 7.34. The molecule has 108 valence electrons. The monoisotopic (exact) mass is 298 g/mol. The van der Waals surface area contributed by atoms with Gasteiger partial charge in [-0.1, -0.05) is 31.4 Å². The average Bonchev–Trinajstić information content (AvgIpc) is 2.43. The topological polar surface area (TPSA) is 27.7 Å². The van der Waals surface area contributed by atoms with Crippen LogP contribution in [0.3, 0.4) is 0 Å². The first-order valence-corrected chi connectivity index (χ1v) is 8.38. The van der Waals surface area contributed by atoms with Crippen LogP contribution in [0.25, 0.3) is 0 Å². The Morgan fingerprint density at radius 2 is 1.33 bits per heavy atom. The Balaban J connectivity index is 2.94. The molecule has 0 bridgehead atoms. The van der Waals surface area contributed by atoms with E-state index in [4.69, 9.17) is 32.5 Å². The van der Waals surface area contributed by atoms with Gasteiger partial charge in [-0.2, -0.15) is 0 Å². The van der Waals surface area contributed by atoms with Gasteiger partial charge in [0.1, 0.15) is 0 Å². The molecule has 0 aliphatic carbocycles. The number of aryl methyl sites for hydroxylation is 3. The number of hydrogen-bond donors (Lipinski definition) is 0. The lowest BCUT2D eigenvalue weighted by atomic mass is 9.99. The summed E-state index contributed by atoms with van der Waals surface area (Å²) in [5, 5.41) is 0. The van der Waals surface area contributed by atoms with E-state index in [1.165, 1.54) is 16.7 Å². The van der Waals surface area contributed by atoms with Crippen LogP contribution in [0.5, 0.6) is 0 Å². The van der Waals surface area contributed by atoms with E-state index in [0.29, 0.717) is 12.5 Å². The zero-order valence-electron chi connectivity index (χ0n) is 12.5. The molecule has 1 aromatic carbocycles. The molecule has 0 aliphatic heterocycles. The molecule has 0 heterocycles. The summed E-state index contributed by atoms with van der Waals surface area (Å²) >= 11 is 0. The van der Waals surface area contributed by atoms with Crippen molar-refractivity contribution in [2.45, 2.75) is 33.2 Å². The van der Waals surface area contributed by atoms with E-state index in [2.05, 4.69) is 51.2 Å². The van der Waals surface area contributed by atoms with Gasteiger partial charge in [-0.15, -0.1) is 0 Å². The van der Waals surface area contributed by atoms with Crippen LogP contribution in [0.1, 0.15) is 22.3 Å². The molecular formula is C17H18O3Si.